The number of rotatable bonds is 3. The fourth-order valence-corrected chi connectivity index (χ4v) is 2.24. The van der Waals surface area contributed by atoms with Crippen LogP contribution in [-0.2, 0) is 11.2 Å². The molecule has 0 unspecified atom stereocenters. The van der Waals surface area contributed by atoms with E-state index in [-0.39, 0.29) is 11.8 Å². The van der Waals surface area contributed by atoms with Gasteiger partial charge in [0.1, 0.15) is 5.78 Å². The minimum atomic E-state index is -0.365. The monoisotopic (exact) mass is 215 g/mol. The fourth-order valence-electron chi connectivity index (χ4n) is 2.24. The van der Waals surface area contributed by atoms with Gasteiger partial charge in [0, 0.05) is 0 Å². The van der Waals surface area contributed by atoms with Gasteiger partial charge in [-0.2, -0.15) is 0 Å². The van der Waals surface area contributed by atoms with E-state index in [0.29, 0.717) is 6.42 Å². The van der Waals surface area contributed by atoms with E-state index < -0.39 is 0 Å². The summed E-state index contributed by atoms with van der Waals surface area (Å²) < 4.78 is 0. The van der Waals surface area contributed by atoms with E-state index in [0.717, 1.165) is 6.42 Å². The smallest absolute Gasteiger partial charge is 0.146 e. The molecule has 16 heavy (non-hydrogen) atoms. The lowest BCUT2D eigenvalue weighted by atomic mass is 9.97. The number of hydrogen-bond acceptors (Lipinski definition) is 2. The molecule has 0 saturated carbocycles. The molecule has 1 aliphatic carbocycles. The van der Waals surface area contributed by atoms with Gasteiger partial charge in [0.05, 0.1) is 6.04 Å². The number of Topliss-reactive ketones (excluding diaryl/α,β-unsaturated/α-hetero) is 1. The molecule has 0 aromatic heterocycles. The minimum absolute atomic E-state index is 0.0599. The van der Waals surface area contributed by atoms with Gasteiger partial charge in [-0.25, -0.2) is 0 Å². The van der Waals surface area contributed by atoms with Crippen LogP contribution in [0.2, 0.25) is 0 Å². The molecule has 0 bridgehead atoms. The highest BCUT2D eigenvalue weighted by Gasteiger charge is 2.21. The van der Waals surface area contributed by atoms with Gasteiger partial charge in [0.15, 0.2) is 0 Å². The molecule has 84 valence electrons. The molecule has 0 heterocycles. The Morgan fingerprint density at radius 3 is 2.81 bits per heavy atom. The van der Waals surface area contributed by atoms with Crippen molar-refractivity contribution in [2.24, 2.45) is 5.73 Å². The summed E-state index contributed by atoms with van der Waals surface area (Å²) in [6, 6.07) is 7.99. The van der Waals surface area contributed by atoms with Crippen LogP contribution < -0.4 is 5.73 Å². The van der Waals surface area contributed by atoms with E-state index in [1.807, 2.05) is 6.07 Å². The Morgan fingerprint density at radius 2 is 2.12 bits per heavy atom. The SMILES string of the molecule is CC(=O)[C@H](N)CC1=C(C)Cc2ccccc21. The van der Waals surface area contributed by atoms with E-state index in [1.165, 1.54) is 22.3 Å². The van der Waals surface area contributed by atoms with Crippen molar-refractivity contribution >= 4 is 11.4 Å². The van der Waals surface area contributed by atoms with Gasteiger partial charge in [-0.05, 0) is 43.4 Å². The highest BCUT2D eigenvalue weighted by atomic mass is 16.1. The van der Waals surface area contributed by atoms with Crippen LogP contribution in [0, 0.1) is 0 Å². The van der Waals surface area contributed by atoms with Crippen LogP contribution in [0.1, 0.15) is 31.4 Å². The van der Waals surface area contributed by atoms with Crippen LogP contribution >= 0.6 is 0 Å². The Morgan fingerprint density at radius 1 is 1.44 bits per heavy atom. The van der Waals surface area contributed by atoms with Gasteiger partial charge in [-0.15, -0.1) is 0 Å². The lowest BCUT2D eigenvalue weighted by Gasteiger charge is -2.11. The van der Waals surface area contributed by atoms with Crippen LogP contribution in [0.3, 0.4) is 0 Å². The lowest BCUT2D eigenvalue weighted by Crippen LogP contribution is -2.28. The number of fused-ring (bicyclic) bond motifs is 1. The number of carbonyl (C=O) groups is 1. The Bertz CT molecular complexity index is 460. The number of benzene rings is 1. The summed E-state index contributed by atoms with van der Waals surface area (Å²) in [6.45, 7) is 3.68. The first-order valence-corrected chi connectivity index (χ1v) is 5.62. The van der Waals surface area contributed by atoms with Crippen molar-refractivity contribution in [3.05, 3.63) is 41.0 Å². The van der Waals surface area contributed by atoms with Crippen molar-refractivity contribution in [2.75, 3.05) is 0 Å². The molecular formula is C14H17NO. The lowest BCUT2D eigenvalue weighted by molar-refractivity contribution is -0.118. The summed E-state index contributed by atoms with van der Waals surface area (Å²) in [5, 5.41) is 0. The minimum Gasteiger partial charge on any atom is -0.321 e. The molecule has 0 radical (unpaired) electrons. The zero-order valence-electron chi connectivity index (χ0n) is 9.79. The maximum atomic E-state index is 11.2. The van der Waals surface area contributed by atoms with Gasteiger partial charge in [0.2, 0.25) is 0 Å². The molecule has 1 aromatic rings. The normalized spacial score (nSPS) is 16.2. The van der Waals surface area contributed by atoms with Crippen molar-refractivity contribution in [3.63, 3.8) is 0 Å². The zero-order chi connectivity index (χ0) is 11.7. The van der Waals surface area contributed by atoms with Gasteiger partial charge in [-0.3, -0.25) is 4.79 Å². The van der Waals surface area contributed by atoms with E-state index in [1.54, 1.807) is 6.92 Å². The number of allylic oxidation sites excluding steroid dienone is 1. The zero-order valence-corrected chi connectivity index (χ0v) is 9.79. The van der Waals surface area contributed by atoms with Gasteiger partial charge in [-0.1, -0.05) is 29.8 Å². The molecule has 2 rings (SSSR count). The first-order chi connectivity index (χ1) is 7.59. The average Bonchev–Trinajstić information content (AvgIpc) is 2.55. The van der Waals surface area contributed by atoms with Crippen LogP contribution in [0.25, 0.3) is 5.57 Å². The highest BCUT2D eigenvalue weighted by Crippen LogP contribution is 2.35. The van der Waals surface area contributed by atoms with Gasteiger partial charge < -0.3 is 5.73 Å². The molecule has 1 aliphatic rings. The van der Waals surface area contributed by atoms with E-state index in [9.17, 15) is 4.79 Å². The Labute approximate surface area is 96.2 Å². The quantitative estimate of drug-likeness (QED) is 0.840. The molecule has 2 heteroatoms. The van der Waals surface area contributed by atoms with Gasteiger partial charge >= 0.3 is 0 Å². The molecular weight excluding hydrogens is 198 g/mol. The van der Waals surface area contributed by atoms with Crippen molar-refractivity contribution in [1.29, 1.82) is 0 Å². The van der Waals surface area contributed by atoms with Crippen LogP contribution in [0.15, 0.2) is 29.8 Å². The first-order valence-electron chi connectivity index (χ1n) is 5.62. The molecule has 1 aromatic carbocycles. The predicted octanol–water partition coefficient (Wildman–Crippen LogP) is 2.32. The summed E-state index contributed by atoms with van der Waals surface area (Å²) in [4.78, 5) is 11.2. The highest BCUT2D eigenvalue weighted by molar-refractivity contribution is 5.85. The predicted molar refractivity (Wildman–Crippen MR) is 66.0 cm³/mol. The number of carbonyl (C=O) groups excluding carboxylic acids is 1. The summed E-state index contributed by atoms with van der Waals surface area (Å²) in [7, 11) is 0. The third-order valence-electron chi connectivity index (χ3n) is 3.26. The van der Waals surface area contributed by atoms with Crippen LogP contribution in [0.5, 0.6) is 0 Å². The maximum absolute atomic E-state index is 11.2. The van der Waals surface area contributed by atoms with E-state index >= 15 is 0 Å². The summed E-state index contributed by atoms with van der Waals surface area (Å²) in [6.07, 6.45) is 1.66. The Hall–Kier alpha value is -1.41. The van der Waals surface area contributed by atoms with Crippen molar-refractivity contribution < 1.29 is 4.79 Å². The molecule has 2 N–H and O–H groups in total. The molecule has 2 nitrogen and oxygen atoms in total. The van der Waals surface area contributed by atoms with Crippen molar-refractivity contribution in [1.82, 2.24) is 0 Å². The third-order valence-corrected chi connectivity index (χ3v) is 3.26. The number of hydrogen-bond donors (Lipinski definition) is 1. The second kappa shape index (κ2) is 4.22. The van der Waals surface area contributed by atoms with E-state index in [4.69, 9.17) is 5.73 Å². The number of ketones is 1. The van der Waals surface area contributed by atoms with Gasteiger partial charge in [0.25, 0.3) is 0 Å². The third kappa shape index (κ3) is 1.93. The second-order valence-electron chi connectivity index (χ2n) is 4.51. The van der Waals surface area contributed by atoms with Crippen LogP contribution in [-0.4, -0.2) is 11.8 Å². The molecule has 0 amide bonds. The van der Waals surface area contributed by atoms with Crippen LogP contribution in [0.4, 0.5) is 0 Å². The van der Waals surface area contributed by atoms with Crippen molar-refractivity contribution in [2.45, 2.75) is 32.7 Å². The second-order valence-corrected chi connectivity index (χ2v) is 4.51. The largest absolute Gasteiger partial charge is 0.321 e. The Kier molecular flexibility index (Phi) is 2.92. The van der Waals surface area contributed by atoms with E-state index in [2.05, 4.69) is 25.1 Å². The van der Waals surface area contributed by atoms with Crippen molar-refractivity contribution in [3.8, 4) is 0 Å². The average molecular weight is 215 g/mol. The molecule has 1 atom stereocenters. The fraction of sp³-hybridized carbons (Fsp3) is 0.357. The maximum Gasteiger partial charge on any atom is 0.146 e. The summed E-state index contributed by atoms with van der Waals surface area (Å²) >= 11 is 0. The topological polar surface area (TPSA) is 43.1 Å². The summed E-state index contributed by atoms with van der Waals surface area (Å²) in [5.41, 5.74) is 11.1. The first kappa shape index (κ1) is 11.1. The Balaban J connectivity index is 2.28. The molecule has 0 fully saturated rings. The standard InChI is InChI=1S/C14H17NO/c1-9-7-11-5-3-4-6-12(11)13(9)8-14(15)10(2)16/h3-6,14H,7-8,15H2,1-2H3/t14-/m1/s1. The molecule has 0 aliphatic heterocycles. The number of nitrogens with two attached hydrogens (primary N) is 1. The summed E-state index contributed by atoms with van der Waals surface area (Å²) in [5.74, 6) is 0.0599. The molecule has 0 spiro atoms. The molecule has 0 saturated heterocycles.